The maximum Gasteiger partial charge on any atom is 0.279 e. The summed E-state index contributed by atoms with van der Waals surface area (Å²) in [5.74, 6) is -4.71. The molecule has 39 heavy (non-hydrogen) atoms. The number of alkyl halides is 4. The lowest BCUT2D eigenvalue weighted by atomic mass is 9.61. The van der Waals surface area contributed by atoms with E-state index in [1.165, 1.54) is 6.33 Å². The van der Waals surface area contributed by atoms with Crippen LogP contribution in [0.15, 0.2) is 47.7 Å². The van der Waals surface area contributed by atoms with Crippen molar-refractivity contribution < 1.29 is 17.6 Å². The molecule has 2 saturated carbocycles. The van der Waals surface area contributed by atoms with Crippen molar-refractivity contribution in [3.05, 3.63) is 75.9 Å². The second kappa shape index (κ2) is 8.27. The molecule has 4 aromatic rings. The van der Waals surface area contributed by atoms with Gasteiger partial charge in [-0.2, -0.15) is 0 Å². The Labute approximate surface area is 221 Å². The zero-order chi connectivity index (χ0) is 27.2. The van der Waals surface area contributed by atoms with Crippen LogP contribution in [0, 0.1) is 0 Å². The van der Waals surface area contributed by atoms with Crippen molar-refractivity contribution in [1.82, 2.24) is 29.2 Å². The number of aromatic amines is 1. The smallest absolute Gasteiger partial charge is 0.279 e. The quantitative estimate of drug-likeness (QED) is 0.354. The van der Waals surface area contributed by atoms with Gasteiger partial charge in [0.05, 0.1) is 12.0 Å². The molecule has 204 valence electrons. The van der Waals surface area contributed by atoms with Crippen LogP contribution in [0.4, 0.5) is 17.6 Å². The summed E-state index contributed by atoms with van der Waals surface area (Å²) in [6.07, 6.45) is 4.45. The lowest BCUT2D eigenvalue weighted by Crippen LogP contribution is -2.51. The Balaban J connectivity index is 1.31. The van der Waals surface area contributed by atoms with Gasteiger partial charge in [0.2, 0.25) is 0 Å². The molecule has 7 nitrogen and oxygen atoms in total. The third-order valence-electron chi connectivity index (χ3n) is 8.48. The first-order valence-corrected chi connectivity index (χ1v) is 13.2. The van der Waals surface area contributed by atoms with Gasteiger partial charge in [-0.25, -0.2) is 17.6 Å². The first kappa shape index (κ1) is 24.6. The molecule has 1 aromatic carbocycles. The average Bonchev–Trinajstić information content (AvgIpc) is 3.32. The topological polar surface area (TPSA) is 71.7 Å². The SMILES string of the molecule is Cn1cnnc1C1(c2cccc(-n3cc(C4CC4)c4cc(CN5CCC(F)(F)C5)[nH]c4c3=O)c2)CC(F)(F)C1. The maximum atomic E-state index is 14.3. The number of aryl methyl sites for hydroxylation is 1. The van der Waals surface area contributed by atoms with E-state index in [0.29, 0.717) is 41.6 Å². The number of halogens is 4. The molecule has 1 saturated heterocycles. The number of H-pyrrole nitrogens is 1. The number of hydrogen-bond acceptors (Lipinski definition) is 4. The molecule has 0 bridgehead atoms. The lowest BCUT2D eigenvalue weighted by Gasteiger charge is -2.46. The predicted octanol–water partition coefficient (Wildman–Crippen LogP) is 4.88. The van der Waals surface area contributed by atoms with Gasteiger partial charge in [0.25, 0.3) is 17.4 Å². The number of benzene rings is 1. The summed E-state index contributed by atoms with van der Waals surface area (Å²) in [6.45, 7) is 0.333. The van der Waals surface area contributed by atoms with Crippen molar-refractivity contribution in [2.24, 2.45) is 7.05 Å². The second-order valence-electron chi connectivity index (χ2n) is 11.5. The van der Waals surface area contributed by atoms with E-state index in [9.17, 15) is 22.4 Å². The van der Waals surface area contributed by atoms with E-state index in [1.54, 1.807) is 45.3 Å². The summed E-state index contributed by atoms with van der Waals surface area (Å²) in [7, 11) is 1.74. The van der Waals surface area contributed by atoms with Crippen LogP contribution in [-0.4, -0.2) is 54.2 Å². The minimum Gasteiger partial charge on any atom is -0.353 e. The number of nitrogens with one attached hydrogen (secondary N) is 1. The van der Waals surface area contributed by atoms with Crippen LogP contribution in [0.2, 0.25) is 0 Å². The second-order valence-corrected chi connectivity index (χ2v) is 11.5. The van der Waals surface area contributed by atoms with E-state index in [-0.39, 0.29) is 31.4 Å². The molecule has 0 atom stereocenters. The normalized spacial score (nSPS) is 21.9. The Morgan fingerprint density at radius 3 is 2.54 bits per heavy atom. The van der Waals surface area contributed by atoms with E-state index in [4.69, 9.17) is 0 Å². The van der Waals surface area contributed by atoms with Crippen molar-refractivity contribution in [3.8, 4) is 5.69 Å². The molecule has 2 aliphatic carbocycles. The Hall–Kier alpha value is -3.47. The van der Waals surface area contributed by atoms with Gasteiger partial charge in [0, 0.05) is 62.4 Å². The molecule has 0 amide bonds. The fraction of sp³-hybridized carbons (Fsp3) is 0.464. The number of nitrogens with zero attached hydrogens (tertiary/aromatic N) is 5. The average molecular weight is 541 g/mol. The molecule has 1 N–H and O–H groups in total. The number of fused-ring (bicyclic) bond motifs is 1. The molecule has 7 rings (SSSR count). The standard InChI is InChI=1S/C28H28F4N6O/c1-36-16-33-35-25(36)26(13-28(31,32)14-26)18-3-2-4-20(9-18)38-12-22(17-5-6-17)21-10-19(34-23(21)24(38)39)11-37-8-7-27(29,30)15-37/h2-4,9-10,12,16-17,34H,5-8,11,13-15H2,1H3. The lowest BCUT2D eigenvalue weighted by molar-refractivity contribution is -0.116. The summed E-state index contributed by atoms with van der Waals surface area (Å²) >= 11 is 0. The number of hydrogen-bond donors (Lipinski definition) is 1. The highest BCUT2D eigenvalue weighted by Crippen LogP contribution is 2.56. The highest BCUT2D eigenvalue weighted by Gasteiger charge is 2.60. The first-order chi connectivity index (χ1) is 18.5. The van der Waals surface area contributed by atoms with E-state index < -0.39 is 17.3 Å². The summed E-state index contributed by atoms with van der Waals surface area (Å²) < 4.78 is 59.3. The van der Waals surface area contributed by atoms with Crippen LogP contribution >= 0.6 is 0 Å². The zero-order valence-corrected chi connectivity index (χ0v) is 21.4. The van der Waals surface area contributed by atoms with Crippen molar-refractivity contribution >= 4 is 10.9 Å². The molecular weight excluding hydrogens is 512 g/mol. The third-order valence-corrected chi connectivity index (χ3v) is 8.48. The van der Waals surface area contributed by atoms with Crippen molar-refractivity contribution in [2.75, 3.05) is 13.1 Å². The Bertz CT molecular complexity index is 1640. The molecule has 0 unspecified atom stereocenters. The molecule has 1 aliphatic heterocycles. The first-order valence-electron chi connectivity index (χ1n) is 13.2. The predicted molar refractivity (Wildman–Crippen MR) is 137 cm³/mol. The third kappa shape index (κ3) is 4.09. The Kier molecular flexibility index (Phi) is 5.21. The molecule has 4 heterocycles. The van der Waals surface area contributed by atoms with Gasteiger partial charge in [-0.3, -0.25) is 14.3 Å². The van der Waals surface area contributed by atoms with Crippen LogP contribution < -0.4 is 5.56 Å². The minimum absolute atomic E-state index is 0.161. The van der Waals surface area contributed by atoms with Crippen LogP contribution in [0.3, 0.4) is 0 Å². The number of likely N-dealkylation sites (tertiary alicyclic amines) is 1. The van der Waals surface area contributed by atoms with E-state index >= 15 is 0 Å². The fourth-order valence-corrected chi connectivity index (χ4v) is 6.47. The highest BCUT2D eigenvalue weighted by atomic mass is 19.3. The van der Waals surface area contributed by atoms with Gasteiger partial charge in [-0.1, -0.05) is 12.1 Å². The zero-order valence-electron chi connectivity index (χ0n) is 21.4. The van der Waals surface area contributed by atoms with Gasteiger partial charge in [0.1, 0.15) is 17.7 Å². The van der Waals surface area contributed by atoms with Crippen LogP contribution in [-0.2, 0) is 19.0 Å². The molecule has 11 heteroatoms. The summed E-state index contributed by atoms with van der Waals surface area (Å²) in [5, 5.41) is 8.91. The van der Waals surface area contributed by atoms with E-state index in [2.05, 4.69) is 15.2 Å². The van der Waals surface area contributed by atoms with E-state index in [1.807, 2.05) is 12.3 Å². The van der Waals surface area contributed by atoms with Gasteiger partial charge in [-0.05, 0) is 48.1 Å². The number of rotatable bonds is 6. The van der Waals surface area contributed by atoms with Gasteiger partial charge < -0.3 is 9.55 Å². The van der Waals surface area contributed by atoms with Gasteiger partial charge in [-0.15, -0.1) is 10.2 Å². The molecule has 0 spiro atoms. The molecular formula is C28H28F4N6O. The maximum absolute atomic E-state index is 14.3. The summed E-state index contributed by atoms with van der Waals surface area (Å²) in [6, 6.07) is 9.09. The molecule has 3 fully saturated rings. The van der Waals surface area contributed by atoms with Gasteiger partial charge >= 0.3 is 0 Å². The summed E-state index contributed by atoms with van der Waals surface area (Å²) in [4.78, 5) is 18.7. The van der Waals surface area contributed by atoms with Crippen LogP contribution in [0.25, 0.3) is 16.6 Å². The van der Waals surface area contributed by atoms with E-state index in [0.717, 1.165) is 29.5 Å². The minimum atomic E-state index is -2.81. The Morgan fingerprint density at radius 1 is 1.10 bits per heavy atom. The van der Waals surface area contributed by atoms with Crippen molar-refractivity contribution in [3.63, 3.8) is 0 Å². The van der Waals surface area contributed by atoms with Crippen LogP contribution in [0.5, 0.6) is 0 Å². The number of pyridine rings is 1. The van der Waals surface area contributed by atoms with Crippen LogP contribution in [0.1, 0.15) is 60.7 Å². The summed E-state index contributed by atoms with van der Waals surface area (Å²) in [5.41, 5.74) is 2.15. The van der Waals surface area contributed by atoms with Crippen molar-refractivity contribution in [2.45, 2.75) is 61.8 Å². The fourth-order valence-electron chi connectivity index (χ4n) is 6.47. The Morgan fingerprint density at radius 2 is 1.90 bits per heavy atom. The molecule has 3 aromatic heterocycles. The number of aromatic nitrogens is 5. The molecule has 0 radical (unpaired) electrons. The monoisotopic (exact) mass is 540 g/mol. The highest BCUT2D eigenvalue weighted by molar-refractivity contribution is 5.84. The van der Waals surface area contributed by atoms with Crippen molar-refractivity contribution in [1.29, 1.82) is 0 Å². The molecule has 3 aliphatic rings. The largest absolute Gasteiger partial charge is 0.353 e. The van der Waals surface area contributed by atoms with Gasteiger partial charge in [0.15, 0.2) is 0 Å².